The lowest BCUT2D eigenvalue weighted by atomic mass is 9.83. The first-order valence-electron chi connectivity index (χ1n) is 8.15. The third-order valence-corrected chi connectivity index (χ3v) is 5.02. The summed E-state index contributed by atoms with van der Waals surface area (Å²) in [6.07, 6.45) is 0. The predicted molar refractivity (Wildman–Crippen MR) is 104 cm³/mol. The lowest BCUT2D eigenvalue weighted by Crippen LogP contribution is -2.20. The van der Waals surface area contributed by atoms with Gasteiger partial charge in [0.2, 0.25) is 11.8 Å². The van der Waals surface area contributed by atoms with Crippen molar-refractivity contribution in [2.24, 2.45) is 5.73 Å². The number of nitrogens with one attached hydrogen (secondary N) is 1. The summed E-state index contributed by atoms with van der Waals surface area (Å²) in [6.45, 7) is 0. The minimum Gasteiger partial charge on any atom is -0.420 e. The van der Waals surface area contributed by atoms with Crippen LogP contribution in [0.4, 0.5) is 5.69 Å². The quantitative estimate of drug-likeness (QED) is 0.470. The Morgan fingerprint density at radius 1 is 1.29 bits per heavy atom. The first-order valence-corrected chi connectivity index (χ1v) is 8.95. The number of hydrogen-bond donors (Lipinski definition) is 2. The van der Waals surface area contributed by atoms with Crippen LogP contribution in [0.1, 0.15) is 17.0 Å². The van der Waals surface area contributed by atoms with Crippen molar-refractivity contribution in [3.8, 4) is 23.2 Å². The summed E-state index contributed by atoms with van der Waals surface area (Å²) in [4.78, 5) is 10.7. The van der Waals surface area contributed by atoms with Crippen LogP contribution in [0.2, 0.25) is 0 Å². The molecule has 0 aliphatic carbocycles. The monoisotopic (exact) mass is 437 g/mol. The molecular weight excluding hydrogens is 426 g/mol. The van der Waals surface area contributed by atoms with E-state index in [9.17, 15) is 15.4 Å². The van der Waals surface area contributed by atoms with Crippen molar-refractivity contribution in [2.75, 3.05) is 0 Å². The number of nitro benzene ring substituents is 1. The first kappa shape index (κ1) is 17.8. The normalized spacial score (nSPS) is 15.5. The molecule has 9 heteroatoms. The molecule has 1 aliphatic rings. The van der Waals surface area contributed by atoms with E-state index in [-0.39, 0.29) is 23.0 Å². The van der Waals surface area contributed by atoms with E-state index < -0.39 is 10.8 Å². The van der Waals surface area contributed by atoms with E-state index >= 15 is 0 Å². The molecule has 0 radical (unpaired) electrons. The molecular formula is C19H12BrN5O3. The summed E-state index contributed by atoms with van der Waals surface area (Å²) in [6, 6.07) is 15.8. The highest BCUT2D eigenvalue weighted by molar-refractivity contribution is 9.10. The van der Waals surface area contributed by atoms with Crippen LogP contribution in [0.3, 0.4) is 0 Å². The molecule has 3 N–H and O–H groups in total. The number of aromatic nitrogens is 2. The maximum atomic E-state index is 11.2. The average Bonchev–Trinajstić information content (AvgIpc) is 3.11. The Balaban J connectivity index is 1.93. The zero-order chi connectivity index (χ0) is 19.8. The number of hydrogen-bond acceptors (Lipinski definition) is 6. The smallest absolute Gasteiger partial charge is 0.270 e. The van der Waals surface area contributed by atoms with Crippen LogP contribution in [0.25, 0.3) is 11.3 Å². The topological polar surface area (TPSA) is 131 Å². The maximum absolute atomic E-state index is 11.2. The second-order valence-electron chi connectivity index (χ2n) is 6.10. The summed E-state index contributed by atoms with van der Waals surface area (Å²) in [5.74, 6) is -0.291. The molecule has 138 valence electrons. The number of nitrogens with zero attached hydrogens (tertiary/aromatic N) is 3. The van der Waals surface area contributed by atoms with Crippen molar-refractivity contribution < 1.29 is 9.66 Å². The zero-order valence-electron chi connectivity index (χ0n) is 14.2. The van der Waals surface area contributed by atoms with Gasteiger partial charge < -0.3 is 10.5 Å². The van der Waals surface area contributed by atoms with Gasteiger partial charge in [0, 0.05) is 22.2 Å². The van der Waals surface area contributed by atoms with E-state index in [1.54, 1.807) is 12.1 Å². The van der Waals surface area contributed by atoms with Crippen molar-refractivity contribution in [1.29, 1.82) is 5.26 Å². The Morgan fingerprint density at radius 3 is 2.71 bits per heavy atom. The van der Waals surface area contributed by atoms with Gasteiger partial charge in [-0.1, -0.05) is 40.2 Å². The lowest BCUT2D eigenvalue weighted by Gasteiger charge is -2.24. The number of nitrogens with two attached hydrogens (primary N) is 1. The second-order valence-corrected chi connectivity index (χ2v) is 7.02. The highest BCUT2D eigenvalue weighted by atomic mass is 79.9. The van der Waals surface area contributed by atoms with Crippen molar-refractivity contribution in [3.63, 3.8) is 0 Å². The predicted octanol–water partition coefficient (Wildman–Crippen LogP) is 3.97. The fourth-order valence-corrected chi connectivity index (χ4v) is 3.49. The van der Waals surface area contributed by atoms with Crippen LogP contribution in [0.5, 0.6) is 5.88 Å². The summed E-state index contributed by atoms with van der Waals surface area (Å²) < 4.78 is 6.43. The molecule has 3 aromatic rings. The van der Waals surface area contributed by atoms with Gasteiger partial charge in [-0.2, -0.15) is 5.26 Å². The van der Waals surface area contributed by atoms with Crippen molar-refractivity contribution >= 4 is 21.6 Å². The summed E-state index contributed by atoms with van der Waals surface area (Å²) in [7, 11) is 0. The molecule has 1 aliphatic heterocycles. The van der Waals surface area contributed by atoms with Crippen LogP contribution in [0.15, 0.2) is 64.5 Å². The fourth-order valence-electron chi connectivity index (χ4n) is 3.23. The number of nitriles is 1. The van der Waals surface area contributed by atoms with E-state index in [1.807, 2.05) is 24.3 Å². The number of non-ortho nitro benzene ring substituents is 1. The van der Waals surface area contributed by atoms with Crippen molar-refractivity contribution in [2.45, 2.75) is 5.92 Å². The number of halogens is 1. The zero-order valence-corrected chi connectivity index (χ0v) is 15.8. The lowest BCUT2D eigenvalue weighted by molar-refractivity contribution is -0.384. The molecule has 0 spiro atoms. The number of allylic oxidation sites excluding steroid dienone is 1. The standard InChI is InChI=1S/C19H12BrN5O3/c20-12-6-4-10(5-7-12)15-14(9-21)18(22)28-19-16(15)17(23-24-19)11-2-1-3-13(8-11)25(26)27/h1-8,15H,22H2,(H,23,24). The van der Waals surface area contributed by atoms with Crippen molar-refractivity contribution in [1.82, 2.24) is 10.2 Å². The first-order chi connectivity index (χ1) is 13.5. The minimum atomic E-state index is -0.519. The van der Waals surface area contributed by atoms with Crippen molar-refractivity contribution in [3.05, 3.63) is 85.7 Å². The molecule has 0 amide bonds. The van der Waals surface area contributed by atoms with Gasteiger partial charge >= 0.3 is 0 Å². The molecule has 28 heavy (non-hydrogen) atoms. The molecule has 2 heterocycles. The maximum Gasteiger partial charge on any atom is 0.270 e. The SMILES string of the molecule is N#CC1=C(N)Oc2n[nH]c(-c3cccc([N+](=O)[O-])c3)c2C1c1ccc(Br)cc1. The molecule has 0 bridgehead atoms. The van der Waals surface area contributed by atoms with E-state index in [0.29, 0.717) is 16.8 Å². The second kappa shape index (κ2) is 6.83. The molecule has 1 unspecified atom stereocenters. The van der Waals surface area contributed by atoms with Crippen LogP contribution in [-0.2, 0) is 0 Å². The molecule has 4 rings (SSSR count). The van der Waals surface area contributed by atoms with Crippen LogP contribution in [0, 0.1) is 21.4 Å². The Kier molecular flexibility index (Phi) is 4.33. The highest BCUT2D eigenvalue weighted by Gasteiger charge is 2.35. The van der Waals surface area contributed by atoms with Gasteiger partial charge in [0.05, 0.1) is 22.1 Å². The van der Waals surface area contributed by atoms with E-state index in [4.69, 9.17) is 10.5 Å². The molecule has 1 aromatic heterocycles. The molecule has 1 atom stereocenters. The van der Waals surface area contributed by atoms with E-state index in [2.05, 4.69) is 32.2 Å². The number of nitro groups is 1. The molecule has 0 saturated heterocycles. The third-order valence-electron chi connectivity index (χ3n) is 4.49. The largest absolute Gasteiger partial charge is 0.420 e. The average molecular weight is 438 g/mol. The number of fused-ring (bicyclic) bond motifs is 1. The van der Waals surface area contributed by atoms with Gasteiger partial charge in [-0.25, -0.2) is 0 Å². The van der Waals surface area contributed by atoms with Gasteiger partial charge in [-0.15, -0.1) is 5.10 Å². The van der Waals surface area contributed by atoms with Crippen LogP contribution in [-0.4, -0.2) is 15.1 Å². The van der Waals surface area contributed by atoms with Gasteiger partial charge in [-0.05, 0) is 17.7 Å². The number of rotatable bonds is 3. The fraction of sp³-hybridized carbons (Fsp3) is 0.0526. The Morgan fingerprint density at radius 2 is 2.04 bits per heavy atom. The van der Waals surface area contributed by atoms with Gasteiger partial charge in [0.1, 0.15) is 11.6 Å². The third kappa shape index (κ3) is 2.90. The van der Waals surface area contributed by atoms with Gasteiger partial charge in [-0.3, -0.25) is 15.2 Å². The number of benzene rings is 2. The van der Waals surface area contributed by atoms with Crippen LogP contribution >= 0.6 is 15.9 Å². The minimum absolute atomic E-state index is 0.0139. The molecule has 0 fully saturated rings. The molecule has 0 saturated carbocycles. The molecule has 8 nitrogen and oxygen atoms in total. The van der Waals surface area contributed by atoms with E-state index in [0.717, 1.165) is 10.0 Å². The number of aromatic amines is 1. The molecule has 2 aromatic carbocycles. The van der Waals surface area contributed by atoms with Gasteiger partial charge in [0.15, 0.2) is 0 Å². The van der Waals surface area contributed by atoms with Gasteiger partial charge in [0.25, 0.3) is 5.69 Å². The Labute approximate surface area is 167 Å². The van der Waals surface area contributed by atoms with E-state index in [1.165, 1.54) is 12.1 Å². The van der Waals surface area contributed by atoms with Crippen LogP contribution < -0.4 is 10.5 Å². The highest BCUT2D eigenvalue weighted by Crippen LogP contribution is 2.45. The summed E-state index contributed by atoms with van der Waals surface area (Å²) in [5.41, 5.74) is 8.68. The Bertz CT molecular complexity index is 1160. The number of H-pyrrole nitrogens is 1. The summed E-state index contributed by atoms with van der Waals surface area (Å²) in [5, 5.41) is 27.9. The number of ether oxygens (including phenoxy) is 1. The summed E-state index contributed by atoms with van der Waals surface area (Å²) >= 11 is 3.40. The Hall–Kier alpha value is -3.64.